The van der Waals surface area contributed by atoms with Crippen molar-refractivity contribution in [2.75, 3.05) is 13.6 Å². The molecule has 2 aromatic rings. The minimum atomic E-state index is -0.749. The van der Waals surface area contributed by atoms with Gasteiger partial charge >= 0.3 is 0 Å². The summed E-state index contributed by atoms with van der Waals surface area (Å²) in [6, 6.07) is 5.01. The number of aliphatic hydroxyl groups excluding tert-OH is 1. The smallest absolute Gasteiger partial charge is 0.248 e. The van der Waals surface area contributed by atoms with Crippen LogP contribution in [0.15, 0.2) is 30.5 Å². The van der Waals surface area contributed by atoms with Gasteiger partial charge in [0.2, 0.25) is 11.8 Å². The quantitative estimate of drug-likeness (QED) is 0.734. The first kappa shape index (κ1) is 22.4. The van der Waals surface area contributed by atoms with E-state index < -0.39 is 23.6 Å². The maximum absolute atomic E-state index is 13.7. The van der Waals surface area contributed by atoms with Crippen LogP contribution >= 0.6 is 0 Å². The molecule has 8 nitrogen and oxygen atoms in total. The molecule has 0 spiro atoms. The number of carbonyl (C=O) groups is 2. The molecule has 2 aliphatic rings. The molecule has 3 atom stereocenters. The Balaban J connectivity index is 1.66. The van der Waals surface area contributed by atoms with Gasteiger partial charge in [0.05, 0.1) is 18.0 Å². The average Bonchev–Trinajstić information content (AvgIpc) is 3.22. The Hall–Kier alpha value is -2.81. The molecule has 1 saturated carbocycles. The fourth-order valence-corrected chi connectivity index (χ4v) is 4.72. The molecule has 1 saturated heterocycles. The van der Waals surface area contributed by atoms with Crippen LogP contribution < -0.4 is 5.32 Å². The standard InChI is InChI=1S/C23H30FN5O3/c1-22(2,3)19(21(32)28-12-16(30)11-17(28)20(31)25-4)29-13-18(26-27-29)23(9-10-23)14-5-7-15(24)8-6-14/h5-8,13,16-17,19,30H,9-12H2,1-4H3,(H,25,31)/t16?,17?,19-/m1/s1. The molecule has 1 aliphatic carbocycles. The Kier molecular flexibility index (Phi) is 5.56. The number of nitrogens with zero attached hydrogens (tertiary/aromatic N) is 4. The number of hydrogen-bond donors (Lipinski definition) is 2. The first-order chi connectivity index (χ1) is 15.1. The molecule has 0 bridgehead atoms. The van der Waals surface area contributed by atoms with Crippen LogP contribution in [-0.2, 0) is 15.0 Å². The van der Waals surface area contributed by atoms with E-state index in [4.69, 9.17) is 0 Å². The van der Waals surface area contributed by atoms with Gasteiger partial charge in [0, 0.05) is 25.4 Å². The van der Waals surface area contributed by atoms with Crippen LogP contribution in [0.1, 0.15) is 57.3 Å². The van der Waals surface area contributed by atoms with E-state index in [1.165, 1.54) is 24.1 Å². The van der Waals surface area contributed by atoms with Gasteiger partial charge in [-0.1, -0.05) is 38.1 Å². The van der Waals surface area contributed by atoms with Gasteiger partial charge in [-0.25, -0.2) is 9.07 Å². The molecule has 2 heterocycles. The number of benzene rings is 1. The molecule has 1 aromatic carbocycles. The van der Waals surface area contributed by atoms with Gasteiger partial charge in [0.15, 0.2) is 0 Å². The number of amides is 2. The summed E-state index contributed by atoms with van der Waals surface area (Å²) in [5.74, 6) is -0.856. The number of likely N-dealkylation sites (N-methyl/N-ethyl adjacent to an activating group) is 1. The molecule has 2 fully saturated rings. The number of hydrogen-bond acceptors (Lipinski definition) is 5. The van der Waals surface area contributed by atoms with Crippen molar-refractivity contribution in [2.45, 2.75) is 63.6 Å². The molecule has 2 unspecified atom stereocenters. The van der Waals surface area contributed by atoms with E-state index in [2.05, 4.69) is 15.6 Å². The molecular weight excluding hydrogens is 413 g/mol. The summed E-state index contributed by atoms with van der Waals surface area (Å²) >= 11 is 0. The molecule has 4 rings (SSSR count). The average molecular weight is 444 g/mol. The molecule has 2 amide bonds. The first-order valence-electron chi connectivity index (χ1n) is 11.0. The predicted octanol–water partition coefficient (Wildman–Crippen LogP) is 1.79. The van der Waals surface area contributed by atoms with E-state index >= 15 is 0 Å². The van der Waals surface area contributed by atoms with Gasteiger partial charge in [-0.05, 0) is 36.0 Å². The van der Waals surface area contributed by atoms with Crippen molar-refractivity contribution >= 4 is 11.8 Å². The van der Waals surface area contributed by atoms with Crippen LogP contribution in [0.2, 0.25) is 0 Å². The zero-order chi connectivity index (χ0) is 23.3. The lowest BCUT2D eigenvalue weighted by Gasteiger charge is -2.34. The molecule has 172 valence electrons. The van der Waals surface area contributed by atoms with Crippen LogP contribution in [0.25, 0.3) is 0 Å². The third-order valence-corrected chi connectivity index (χ3v) is 6.58. The van der Waals surface area contributed by atoms with Crippen molar-refractivity contribution < 1.29 is 19.1 Å². The molecular formula is C23H30FN5O3. The lowest BCUT2D eigenvalue weighted by atomic mass is 9.85. The van der Waals surface area contributed by atoms with Gasteiger partial charge < -0.3 is 15.3 Å². The van der Waals surface area contributed by atoms with E-state index in [9.17, 15) is 19.1 Å². The Morgan fingerprint density at radius 1 is 1.25 bits per heavy atom. The highest BCUT2D eigenvalue weighted by Crippen LogP contribution is 2.53. The highest BCUT2D eigenvalue weighted by Gasteiger charge is 2.50. The molecule has 1 aromatic heterocycles. The number of carbonyl (C=O) groups excluding carboxylic acids is 2. The van der Waals surface area contributed by atoms with Gasteiger partial charge in [0.1, 0.15) is 17.9 Å². The lowest BCUT2D eigenvalue weighted by molar-refractivity contribution is -0.144. The minimum Gasteiger partial charge on any atom is -0.391 e. The Labute approximate surface area is 186 Å². The number of aromatic nitrogens is 3. The normalized spacial score (nSPS) is 23.1. The maximum Gasteiger partial charge on any atom is 0.248 e. The van der Waals surface area contributed by atoms with E-state index in [0.717, 1.165) is 24.1 Å². The van der Waals surface area contributed by atoms with Gasteiger partial charge in [-0.3, -0.25) is 9.59 Å². The Morgan fingerprint density at radius 2 is 1.91 bits per heavy atom. The van der Waals surface area contributed by atoms with Crippen LogP contribution in [-0.4, -0.2) is 62.6 Å². The number of nitrogens with one attached hydrogen (secondary N) is 1. The molecule has 1 aliphatic heterocycles. The number of likely N-dealkylation sites (tertiary alicyclic amines) is 1. The first-order valence-corrected chi connectivity index (χ1v) is 11.0. The highest BCUT2D eigenvalue weighted by atomic mass is 19.1. The van der Waals surface area contributed by atoms with Crippen molar-refractivity contribution in [2.24, 2.45) is 5.41 Å². The van der Waals surface area contributed by atoms with Crippen LogP contribution in [0.3, 0.4) is 0 Å². The molecule has 0 radical (unpaired) electrons. The molecule has 9 heteroatoms. The second-order valence-electron chi connectivity index (χ2n) is 9.95. The van der Waals surface area contributed by atoms with Crippen molar-refractivity contribution in [3.8, 4) is 0 Å². The van der Waals surface area contributed by atoms with E-state index in [0.29, 0.717) is 0 Å². The topological polar surface area (TPSA) is 100 Å². The second-order valence-corrected chi connectivity index (χ2v) is 9.95. The fraction of sp³-hybridized carbons (Fsp3) is 0.565. The monoisotopic (exact) mass is 443 g/mol. The lowest BCUT2D eigenvalue weighted by Crippen LogP contribution is -2.49. The van der Waals surface area contributed by atoms with Crippen LogP contribution in [0, 0.1) is 11.2 Å². The van der Waals surface area contributed by atoms with Gasteiger partial charge in [-0.2, -0.15) is 0 Å². The zero-order valence-electron chi connectivity index (χ0n) is 18.9. The summed E-state index contributed by atoms with van der Waals surface area (Å²) in [5.41, 5.74) is 0.892. The van der Waals surface area contributed by atoms with Crippen molar-refractivity contribution in [1.82, 2.24) is 25.2 Å². The SMILES string of the molecule is CNC(=O)C1CC(O)CN1C(=O)[C@@H](n1cc(C2(c3ccc(F)cc3)CC2)nn1)C(C)(C)C. The third kappa shape index (κ3) is 3.90. The third-order valence-electron chi connectivity index (χ3n) is 6.58. The number of halogens is 1. The molecule has 2 N–H and O–H groups in total. The van der Waals surface area contributed by atoms with E-state index in [1.54, 1.807) is 23.0 Å². The number of aliphatic hydroxyl groups is 1. The van der Waals surface area contributed by atoms with Gasteiger partial charge in [0.25, 0.3) is 0 Å². The van der Waals surface area contributed by atoms with Crippen molar-refractivity contribution in [3.05, 3.63) is 47.5 Å². The number of rotatable bonds is 5. The summed E-state index contributed by atoms with van der Waals surface area (Å²) in [5, 5.41) is 21.4. The summed E-state index contributed by atoms with van der Waals surface area (Å²) in [6.07, 6.45) is 3.01. The second kappa shape index (κ2) is 7.95. The summed E-state index contributed by atoms with van der Waals surface area (Å²) in [4.78, 5) is 27.4. The molecule has 32 heavy (non-hydrogen) atoms. The summed E-state index contributed by atoms with van der Waals surface area (Å²) in [7, 11) is 1.52. The fourth-order valence-electron chi connectivity index (χ4n) is 4.72. The summed E-state index contributed by atoms with van der Waals surface area (Å²) < 4.78 is 15.0. The number of β-amino-alcohol motifs (C(OH)–C–C–N with tert-alkyl or cyclic N) is 1. The Morgan fingerprint density at radius 3 is 2.47 bits per heavy atom. The largest absolute Gasteiger partial charge is 0.391 e. The highest BCUT2D eigenvalue weighted by molar-refractivity contribution is 5.90. The van der Waals surface area contributed by atoms with Crippen molar-refractivity contribution in [3.63, 3.8) is 0 Å². The van der Waals surface area contributed by atoms with Crippen LogP contribution in [0.4, 0.5) is 4.39 Å². The Bertz CT molecular complexity index is 1010. The zero-order valence-corrected chi connectivity index (χ0v) is 18.9. The summed E-state index contributed by atoms with van der Waals surface area (Å²) in [6.45, 7) is 5.91. The maximum atomic E-state index is 13.7. The van der Waals surface area contributed by atoms with Crippen LogP contribution in [0.5, 0.6) is 0 Å². The van der Waals surface area contributed by atoms with E-state index in [-0.39, 0.29) is 36.0 Å². The van der Waals surface area contributed by atoms with Crippen molar-refractivity contribution in [1.29, 1.82) is 0 Å². The van der Waals surface area contributed by atoms with Gasteiger partial charge in [-0.15, -0.1) is 5.10 Å². The minimum absolute atomic E-state index is 0.102. The van der Waals surface area contributed by atoms with E-state index in [1.807, 2.05) is 20.8 Å². The predicted molar refractivity (Wildman–Crippen MR) is 115 cm³/mol.